The van der Waals surface area contributed by atoms with Crippen LogP contribution in [0.5, 0.6) is 0 Å². The van der Waals surface area contributed by atoms with Crippen LogP contribution in [-0.2, 0) is 11.2 Å². The second kappa shape index (κ2) is 5.50. The van der Waals surface area contributed by atoms with E-state index in [0.29, 0.717) is 6.42 Å². The second-order valence-corrected chi connectivity index (χ2v) is 6.53. The van der Waals surface area contributed by atoms with Crippen molar-refractivity contribution in [3.05, 3.63) is 54.0 Å². The van der Waals surface area contributed by atoms with E-state index in [9.17, 15) is 9.90 Å². The third-order valence-electron chi connectivity index (χ3n) is 4.12. The molecule has 0 aliphatic carbocycles. The minimum atomic E-state index is -0.780. The first kappa shape index (κ1) is 15.2. The van der Waals surface area contributed by atoms with Gasteiger partial charge < -0.3 is 5.11 Å². The minimum absolute atomic E-state index is 0.508. The number of carboxylic acid groups (broad SMARTS) is 1. The Morgan fingerprint density at radius 3 is 2.74 bits per heavy atom. The van der Waals surface area contributed by atoms with Gasteiger partial charge >= 0.3 is 5.97 Å². The summed E-state index contributed by atoms with van der Waals surface area (Å²) in [5.74, 6) is -0.780. The molecule has 0 atom stereocenters. The molecular weight excluding hydrogens is 290 g/mol. The highest BCUT2D eigenvalue weighted by molar-refractivity contribution is 5.74. The Morgan fingerprint density at radius 1 is 1.26 bits per heavy atom. The van der Waals surface area contributed by atoms with Gasteiger partial charge in [-0.15, -0.1) is 10.2 Å². The van der Waals surface area contributed by atoms with Crippen molar-refractivity contribution in [1.82, 2.24) is 14.6 Å². The number of hydrogen-bond acceptors (Lipinski definition) is 3. The Hall–Kier alpha value is -2.69. The van der Waals surface area contributed by atoms with E-state index >= 15 is 0 Å². The Labute approximate surface area is 134 Å². The van der Waals surface area contributed by atoms with Crippen molar-refractivity contribution in [2.24, 2.45) is 5.41 Å². The molecule has 118 valence electrons. The van der Waals surface area contributed by atoms with Crippen LogP contribution < -0.4 is 0 Å². The number of aryl methyl sites for hydroxylation is 1. The third kappa shape index (κ3) is 2.95. The van der Waals surface area contributed by atoms with Gasteiger partial charge in [-0.05, 0) is 61.6 Å². The van der Waals surface area contributed by atoms with Crippen LogP contribution in [0.25, 0.3) is 16.8 Å². The summed E-state index contributed by atoms with van der Waals surface area (Å²) < 4.78 is 1.89. The molecule has 5 nitrogen and oxygen atoms in total. The molecule has 2 heterocycles. The third-order valence-corrected chi connectivity index (χ3v) is 4.12. The van der Waals surface area contributed by atoms with Crippen molar-refractivity contribution in [3.8, 4) is 11.1 Å². The van der Waals surface area contributed by atoms with Crippen LogP contribution in [0.4, 0.5) is 0 Å². The average molecular weight is 309 g/mol. The first-order chi connectivity index (χ1) is 10.9. The number of benzene rings is 1. The van der Waals surface area contributed by atoms with Crippen molar-refractivity contribution in [2.45, 2.75) is 27.2 Å². The number of hydrogen-bond donors (Lipinski definition) is 1. The molecule has 0 spiro atoms. The van der Waals surface area contributed by atoms with Gasteiger partial charge in [-0.3, -0.25) is 9.20 Å². The standard InChI is InChI=1S/C18H19N3O2/c1-12-8-13(9-18(2,3)17(22)23)4-6-15(12)14-5-7-16-20-19-11-21(16)10-14/h4-8,10-11H,9H2,1-3H3,(H,22,23). The molecule has 5 heteroatoms. The number of carbonyl (C=O) groups is 1. The maximum absolute atomic E-state index is 11.3. The molecule has 0 saturated carbocycles. The number of aromatic nitrogens is 3. The topological polar surface area (TPSA) is 67.5 Å². The highest BCUT2D eigenvalue weighted by Crippen LogP contribution is 2.28. The van der Waals surface area contributed by atoms with E-state index in [4.69, 9.17) is 0 Å². The molecule has 1 N–H and O–H groups in total. The van der Waals surface area contributed by atoms with E-state index in [1.165, 1.54) is 0 Å². The molecule has 1 aromatic carbocycles. The van der Waals surface area contributed by atoms with E-state index < -0.39 is 11.4 Å². The molecule has 0 radical (unpaired) electrons. The largest absolute Gasteiger partial charge is 0.481 e. The highest BCUT2D eigenvalue weighted by Gasteiger charge is 2.27. The van der Waals surface area contributed by atoms with Crippen LogP contribution in [0.3, 0.4) is 0 Å². The van der Waals surface area contributed by atoms with Gasteiger partial charge in [-0.2, -0.15) is 0 Å². The van der Waals surface area contributed by atoms with E-state index in [2.05, 4.69) is 16.3 Å². The average Bonchev–Trinajstić information content (AvgIpc) is 2.94. The van der Waals surface area contributed by atoms with Crippen molar-refractivity contribution in [2.75, 3.05) is 0 Å². The lowest BCUT2D eigenvalue weighted by Gasteiger charge is -2.19. The fraction of sp³-hybridized carbons (Fsp3) is 0.278. The van der Waals surface area contributed by atoms with Gasteiger partial charge in [0.15, 0.2) is 5.65 Å². The molecule has 2 aromatic heterocycles. The zero-order valence-corrected chi connectivity index (χ0v) is 13.4. The van der Waals surface area contributed by atoms with Crippen LogP contribution in [0, 0.1) is 12.3 Å². The first-order valence-electron chi connectivity index (χ1n) is 7.49. The summed E-state index contributed by atoms with van der Waals surface area (Å²) in [6, 6.07) is 10.1. The van der Waals surface area contributed by atoms with E-state index in [0.717, 1.165) is 27.9 Å². The molecule has 3 aromatic rings. The van der Waals surface area contributed by atoms with Gasteiger partial charge in [-0.25, -0.2) is 0 Å². The lowest BCUT2D eigenvalue weighted by Crippen LogP contribution is -2.26. The number of carboxylic acids is 1. The number of nitrogens with zero attached hydrogens (tertiary/aromatic N) is 3. The molecule has 0 fully saturated rings. The SMILES string of the molecule is Cc1cc(CC(C)(C)C(=O)O)ccc1-c1ccc2nncn2c1. The van der Waals surface area contributed by atoms with E-state index in [1.807, 2.05) is 41.8 Å². The number of rotatable bonds is 4. The minimum Gasteiger partial charge on any atom is -0.481 e. The molecule has 0 bridgehead atoms. The zero-order chi connectivity index (χ0) is 16.6. The van der Waals surface area contributed by atoms with E-state index in [-0.39, 0.29) is 0 Å². The Kier molecular flexibility index (Phi) is 3.64. The fourth-order valence-electron chi connectivity index (χ4n) is 2.73. The van der Waals surface area contributed by atoms with Crippen LogP contribution in [0.1, 0.15) is 25.0 Å². The van der Waals surface area contributed by atoms with Crippen molar-refractivity contribution >= 4 is 11.6 Å². The highest BCUT2D eigenvalue weighted by atomic mass is 16.4. The monoisotopic (exact) mass is 309 g/mol. The normalized spacial score (nSPS) is 11.8. The summed E-state index contributed by atoms with van der Waals surface area (Å²) in [5, 5.41) is 17.2. The zero-order valence-electron chi connectivity index (χ0n) is 13.4. The smallest absolute Gasteiger partial charge is 0.309 e. The summed E-state index contributed by atoms with van der Waals surface area (Å²) in [5.41, 5.74) is 4.40. The Morgan fingerprint density at radius 2 is 2.04 bits per heavy atom. The number of pyridine rings is 1. The molecule has 0 saturated heterocycles. The number of fused-ring (bicyclic) bond motifs is 1. The first-order valence-corrected chi connectivity index (χ1v) is 7.49. The maximum atomic E-state index is 11.3. The molecule has 0 unspecified atom stereocenters. The van der Waals surface area contributed by atoms with Gasteiger partial charge in [0.25, 0.3) is 0 Å². The molecule has 3 rings (SSSR count). The van der Waals surface area contributed by atoms with Crippen LogP contribution in [-0.4, -0.2) is 25.7 Å². The van der Waals surface area contributed by atoms with Crippen LogP contribution >= 0.6 is 0 Å². The molecule has 23 heavy (non-hydrogen) atoms. The summed E-state index contributed by atoms with van der Waals surface area (Å²) in [4.78, 5) is 11.3. The molecular formula is C18H19N3O2. The Balaban J connectivity index is 1.94. The molecule has 0 aliphatic heterocycles. The van der Waals surface area contributed by atoms with Crippen molar-refractivity contribution in [3.63, 3.8) is 0 Å². The van der Waals surface area contributed by atoms with E-state index in [1.54, 1.807) is 20.2 Å². The summed E-state index contributed by atoms with van der Waals surface area (Å²) in [6.45, 7) is 5.54. The number of aliphatic carboxylic acids is 1. The quantitative estimate of drug-likeness (QED) is 0.802. The van der Waals surface area contributed by atoms with Crippen LogP contribution in [0.15, 0.2) is 42.9 Å². The molecule has 0 amide bonds. The Bertz CT molecular complexity index is 881. The second-order valence-electron chi connectivity index (χ2n) is 6.53. The predicted octanol–water partition coefficient (Wildman–Crippen LogP) is 3.36. The van der Waals surface area contributed by atoms with Gasteiger partial charge in [0.05, 0.1) is 5.41 Å². The van der Waals surface area contributed by atoms with Crippen LogP contribution in [0.2, 0.25) is 0 Å². The van der Waals surface area contributed by atoms with Gasteiger partial charge in [0, 0.05) is 6.20 Å². The predicted molar refractivity (Wildman–Crippen MR) is 88.3 cm³/mol. The summed E-state index contributed by atoms with van der Waals surface area (Å²) in [7, 11) is 0. The summed E-state index contributed by atoms with van der Waals surface area (Å²) in [6.07, 6.45) is 4.18. The maximum Gasteiger partial charge on any atom is 0.309 e. The lowest BCUT2D eigenvalue weighted by molar-refractivity contribution is -0.146. The lowest BCUT2D eigenvalue weighted by atomic mass is 9.85. The van der Waals surface area contributed by atoms with Crippen molar-refractivity contribution < 1.29 is 9.90 Å². The fourth-order valence-corrected chi connectivity index (χ4v) is 2.73. The van der Waals surface area contributed by atoms with Gasteiger partial charge in [-0.1, -0.05) is 18.2 Å². The molecule has 0 aliphatic rings. The summed E-state index contributed by atoms with van der Waals surface area (Å²) >= 11 is 0. The van der Waals surface area contributed by atoms with Gasteiger partial charge in [0.1, 0.15) is 6.33 Å². The van der Waals surface area contributed by atoms with Crippen molar-refractivity contribution in [1.29, 1.82) is 0 Å². The van der Waals surface area contributed by atoms with Gasteiger partial charge in [0.2, 0.25) is 0 Å².